The number of rotatable bonds is 2. The Labute approximate surface area is 117 Å². The van der Waals surface area contributed by atoms with Crippen molar-refractivity contribution >= 4 is 5.91 Å². The molecule has 1 aliphatic heterocycles. The van der Waals surface area contributed by atoms with Gasteiger partial charge in [-0.1, -0.05) is 17.7 Å². The van der Waals surface area contributed by atoms with Crippen molar-refractivity contribution in [2.24, 2.45) is 0 Å². The second-order valence-corrected chi connectivity index (χ2v) is 4.95. The predicted octanol–water partition coefficient (Wildman–Crippen LogP) is 2.64. The Hall–Kier alpha value is -2.36. The Morgan fingerprint density at radius 1 is 1.40 bits per heavy atom. The molecule has 0 bridgehead atoms. The molecule has 3 rings (SSSR count). The van der Waals surface area contributed by atoms with E-state index in [0.29, 0.717) is 12.2 Å². The number of hydrogen-bond acceptors (Lipinski definition) is 3. The van der Waals surface area contributed by atoms with Gasteiger partial charge in [-0.2, -0.15) is 0 Å². The van der Waals surface area contributed by atoms with Crippen LogP contribution in [0.5, 0.6) is 5.75 Å². The maximum atomic E-state index is 12.2. The molecule has 1 aromatic carbocycles. The molecule has 0 saturated heterocycles. The van der Waals surface area contributed by atoms with Crippen LogP contribution in [0, 0.1) is 6.92 Å². The fraction of sp³-hybridized carbons (Fsp3) is 0.250. The lowest BCUT2D eigenvalue weighted by Crippen LogP contribution is -2.32. The van der Waals surface area contributed by atoms with E-state index in [0.717, 1.165) is 23.3 Å². The molecule has 1 aromatic heterocycles. The molecule has 1 amide bonds. The molecule has 0 saturated carbocycles. The molecule has 1 atom stereocenters. The minimum Gasteiger partial charge on any atom is -0.493 e. The molecule has 20 heavy (non-hydrogen) atoms. The summed E-state index contributed by atoms with van der Waals surface area (Å²) >= 11 is 0. The highest BCUT2D eigenvalue weighted by Gasteiger charge is 2.23. The van der Waals surface area contributed by atoms with Gasteiger partial charge in [0.25, 0.3) is 5.91 Å². The molecule has 102 valence electrons. The minimum absolute atomic E-state index is 0.00800. The molecule has 2 heterocycles. The van der Waals surface area contributed by atoms with Gasteiger partial charge in [0.05, 0.1) is 18.2 Å². The summed E-state index contributed by atoms with van der Waals surface area (Å²) in [5, 5.41) is 3.06. The van der Waals surface area contributed by atoms with E-state index in [1.807, 2.05) is 19.1 Å². The lowest BCUT2D eigenvalue weighted by atomic mass is 9.98. The van der Waals surface area contributed by atoms with Crippen LogP contribution in [0.15, 0.2) is 42.7 Å². The van der Waals surface area contributed by atoms with E-state index in [1.165, 1.54) is 0 Å². The molecular weight excluding hydrogens is 252 g/mol. The van der Waals surface area contributed by atoms with E-state index in [1.54, 1.807) is 24.5 Å². The first-order chi connectivity index (χ1) is 9.74. The topological polar surface area (TPSA) is 51.2 Å². The maximum Gasteiger partial charge on any atom is 0.253 e. The van der Waals surface area contributed by atoms with Crippen molar-refractivity contribution in [2.75, 3.05) is 6.61 Å². The lowest BCUT2D eigenvalue weighted by molar-refractivity contribution is 0.0924. The Morgan fingerprint density at radius 2 is 2.30 bits per heavy atom. The zero-order chi connectivity index (χ0) is 13.9. The zero-order valence-electron chi connectivity index (χ0n) is 11.3. The SMILES string of the molecule is Cc1ccc2c(c1)C(NC(=O)c1cccnc1)CCO2. The molecule has 4 heteroatoms. The highest BCUT2D eigenvalue weighted by atomic mass is 16.5. The Bertz CT molecular complexity index is 626. The number of nitrogens with one attached hydrogen (secondary N) is 1. The van der Waals surface area contributed by atoms with Gasteiger partial charge in [-0.25, -0.2) is 0 Å². The molecule has 0 spiro atoms. The van der Waals surface area contributed by atoms with Crippen LogP contribution in [0.2, 0.25) is 0 Å². The standard InChI is InChI=1S/C16H16N2O2/c1-11-4-5-15-13(9-11)14(6-8-20-15)18-16(19)12-3-2-7-17-10-12/h2-5,7,9-10,14H,6,8H2,1H3,(H,18,19). The van der Waals surface area contributed by atoms with Gasteiger partial charge in [0.15, 0.2) is 0 Å². The lowest BCUT2D eigenvalue weighted by Gasteiger charge is -2.27. The normalized spacial score (nSPS) is 16.9. The van der Waals surface area contributed by atoms with E-state index >= 15 is 0 Å². The number of carbonyl (C=O) groups excluding carboxylic acids is 1. The van der Waals surface area contributed by atoms with Crippen LogP contribution in [-0.2, 0) is 0 Å². The van der Waals surface area contributed by atoms with Gasteiger partial charge in [0.2, 0.25) is 0 Å². The number of nitrogens with zero attached hydrogens (tertiary/aromatic N) is 1. The Balaban J connectivity index is 1.83. The van der Waals surface area contributed by atoms with E-state index in [9.17, 15) is 4.79 Å². The van der Waals surface area contributed by atoms with Gasteiger partial charge in [-0.15, -0.1) is 0 Å². The Morgan fingerprint density at radius 3 is 3.10 bits per heavy atom. The van der Waals surface area contributed by atoms with E-state index in [2.05, 4.69) is 16.4 Å². The smallest absolute Gasteiger partial charge is 0.253 e. The first-order valence-corrected chi connectivity index (χ1v) is 6.68. The number of aryl methyl sites for hydroxylation is 1. The summed E-state index contributed by atoms with van der Waals surface area (Å²) in [5.41, 5.74) is 2.79. The molecular formula is C16H16N2O2. The molecule has 1 unspecified atom stereocenters. The third kappa shape index (κ3) is 2.50. The highest BCUT2D eigenvalue weighted by Crippen LogP contribution is 2.32. The molecule has 0 fully saturated rings. The van der Waals surface area contributed by atoms with Crippen molar-refractivity contribution in [1.29, 1.82) is 0 Å². The van der Waals surface area contributed by atoms with Crippen molar-refractivity contribution in [2.45, 2.75) is 19.4 Å². The summed E-state index contributed by atoms with van der Waals surface area (Å²) < 4.78 is 5.63. The van der Waals surface area contributed by atoms with Crippen molar-refractivity contribution in [3.63, 3.8) is 0 Å². The average molecular weight is 268 g/mol. The minimum atomic E-state index is -0.0996. The summed E-state index contributed by atoms with van der Waals surface area (Å²) in [6.07, 6.45) is 4.01. The quantitative estimate of drug-likeness (QED) is 0.911. The van der Waals surface area contributed by atoms with E-state index in [4.69, 9.17) is 4.74 Å². The fourth-order valence-electron chi connectivity index (χ4n) is 2.40. The molecule has 2 aromatic rings. The summed E-state index contributed by atoms with van der Waals surface area (Å²) in [6.45, 7) is 2.66. The second kappa shape index (κ2) is 5.33. The number of amides is 1. The number of fused-ring (bicyclic) bond motifs is 1. The molecule has 0 radical (unpaired) electrons. The van der Waals surface area contributed by atoms with Gasteiger partial charge < -0.3 is 10.1 Å². The summed E-state index contributed by atoms with van der Waals surface area (Å²) in [6, 6.07) is 9.57. The van der Waals surface area contributed by atoms with Crippen molar-refractivity contribution < 1.29 is 9.53 Å². The van der Waals surface area contributed by atoms with Crippen molar-refractivity contribution in [1.82, 2.24) is 10.3 Å². The Kier molecular flexibility index (Phi) is 3.37. The van der Waals surface area contributed by atoms with Gasteiger partial charge in [-0.3, -0.25) is 9.78 Å². The number of aromatic nitrogens is 1. The molecule has 1 aliphatic rings. The number of ether oxygens (including phenoxy) is 1. The van der Waals surface area contributed by atoms with Crippen LogP contribution in [0.1, 0.15) is 33.9 Å². The van der Waals surface area contributed by atoms with Crippen LogP contribution >= 0.6 is 0 Å². The number of carbonyl (C=O) groups is 1. The van der Waals surface area contributed by atoms with Gasteiger partial charge in [0.1, 0.15) is 5.75 Å². The van der Waals surface area contributed by atoms with Crippen LogP contribution < -0.4 is 10.1 Å². The summed E-state index contributed by atoms with van der Waals surface area (Å²) in [5.74, 6) is 0.760. The van der Waals surface area contributed by atoms with Crippen LogP contribution in [-0.4, -0.2) is 17.5 Å². The first-order valence-electron chi connectivity index (χ1n) is 6.68. The molecule has 0 aliphatic carbocycles. The van der Waals surface area contributed by atoms with E-state index in [-0.39, 0.29) is 11.9 Å². The number of pyridine rings is 1. The summed E-state index contributed by atoms with van der Waals surface area (Å²) in [7, 11) is 0. The van der Waals surface area contributed by atoms with Gasteiger partial charge in [0, 0.05) is 24.4 Å². The average Bonchev–Trinajstić information content (AvgIpc) is 2.49. The zero-order valence-corrected chi connectivity index (χ0v) is 11.3. The number of hydrogen-bond donors (Lipinski definition) is 1. The predicted molar refractivity (Wildman–Crippen MR) is 75.7 cm³/mol. The van der Waals surface area contributed by atoms with Crippen molar-refractivity contribution in [3.05, 3.63) is 59.4 Å². The van der Waals surface area contributed by atoms with E-state index < -0.39 is 0 Å². The monoisotopic (exact) mass is 268 g/mol. The number of benzene rings is 1. The third-order valence-corrected chi connectivity index (χ3v) is 3.43. The van der Waals surface area contributed by atoms with Crippen molar-refractivity contribution in [3.8, 4) is 5.75 Å². The second-order valence-electron chi connectivity index (χ2n) is 4.95. The van der Waals surface area contributed by atoms with Crippen LogP contribution in [0.3, 0.4) is 0 Å². The largest absolute Gasteiger partial charge is 0.493 e. The maximum absolute atomic E-state index is 12.2. The fourth-order valence-corrected chi connectivity index (χ4v) is 2.40. The summed E-state index contributed by atoms with van der Waals surface area (Å²) in [4.78, 5) is 16.2. The molecule has 1 N–H and O–H groups in total. The first kappa shape index (κ1) is 12.7. The highest BCUT2D eigenvalue weighted by molar-refractivity contribution is 5.94. The van der Waals surface area contributed by atoms with Gasteiger partial charge in [-0.05, 0) is 25.1 Å². The van der Waals surface area contributed by atoms with Crippen LogP contribution in [0.25, 0.3) is 0 Å². The van der Waals surface area contributed by atoms with Gasteiger partial charge >= 0.3 is 0 Å². The van der Waals surface area contributed by atoms with Crippen LogP contribution in [0.4, 0.5) is 0 Å². The molecule has 4 nitrogen and oxygen atoms in total. The third-order valence-electron chi connectivity index (χ3n) is 3.43.